The molecule has 0 bridgehead atoms. The number of rotatable bonds is 12. The molecule has 19 heavy (non-hydrogen) atoms. The first-order chi connectivity index (χ1) is 9.01. The maximum atomic E-state index is 11.7. The zero-order valence-electron chi connectivity index (χ0n) is 12.1. The Morgan fingerprint density at radius 1 is 1.37 bits per heavy atom. The van der Waals surface area contributed by atoms with Gasteiger partial charge in [0, 0.05) is 29.6 Å². The van der Waals surface area contributed by atoms with Gasteiger partial charge in [-0.15, -0.1) is 0 Å². The van der Waals surface area contributed by atoms with Gasteiger partial charge in [-0.2, -0.15) is 0 Å². The molecule has 0 rings (SSSR count). The Hall–Kier alpha value is -0.300. The van der Waals surface area contributed by atoms with Crippen molar-refractivity contribution in [2.75, 3.05) is 38.4 Å². The van der Waals surface area contributed by atoms with Gasteiger partial charge < -0.3 is 14.6 Å². The molecule has 0 aliphatic carbocycles. The van der Waals surface area contributed by atoms with Crippen molar-refractivity contribution in [3.63, 3.8) is 0 Å². The van der Waals surface area contributed by atoms with E-state index in [1.807, 2.05) is 6.92 Å². The number of carbonyl (C=O) groups excluding carboxylic acids is 1. The molecule has 0 aliphatic heterocycles. The van der Waals surface area contributed by atoms with Gasteiger partial charge >= 0.3 is 0 Å². The standard InChI is InChI=1S/C13H26O5S/c1-4-12(11(2)14)5-8-19(16)10-13(15)9-18-7-6-17-3/h12-13,15H,4-10H2,1-3H3/t12-,13?,19?/m0/s1. The Kier molecular flexibility index (Phi) is 11.3. The molecule has 0 spiro atoms. The van der Waals surface area contributed by atoms with Crippen LogP contribution >= 0.6 is 0 Å². The molecule has 0 radical (unpaired) electrons. The molecule has 0 aromatic heterocycles. The van der Waals surface area contributed by atoms with E-state index in [1.54, 1.807) is 14.0 Å². The van der Waals surface area contributed by atoms with Gasteiger partial charge in [0.15, 0.2) is 0 Å². The zero-order chi connectivity index (χ0) is 14.7. The lowest BCUT2D eigenvalue weighted by Crippen LogP contribution is -2.25. The van der Waals surface area contributed by atoms with Crippen molar-refractivity contribution >= 4 is 16.6 Å². The predicted molar refractivity (Wildman–Crippen MR) is 75.7 cm³/mol. The molecule has 0 aromatic carbocycles. The van der Waals surface area contributed by atoms with Gasteiger partial charge in [-0.25, -0.2) is 0 Å². The van der Waals surface area contributed by atoms with E-state index in [2.05, 4.69) is 0 Å². The van der Waals surface area contributed by atoms with Crippen LogP contribution in [0.1, 0.15) is 26.7 Å². The maximum Gasteiger partial charge on any atom is 0.132 e. The topological polar surface area (TPSA) is 72.8 Å². The Morgan fingerprint density at radius 2 is 2.05 bits per heavy atom. The number of methoxy groups -OCH3 is 1. The Labute approximate surface area is 118 Å². The number of ketones is 1. The van der Waals surface area contributed by atoms with Crippen molar-refractivity contribution in [1.82, 2.24) is 0 Å². The van der Waals surface area contributed by atoms with E-state index in [-0.39, 0.29) is 24.1 Å². The molecular weight excluding hydrogens is 268 g/mol. The number of hydrogen-bond donors (Lipinski definition) is 1. The van der Waals surface area contributed by atoms with Crippen molar-refractivity contribution in [3.8, 4) is 0 Å². The monoisotopic (exact) mass is 294 g/mol. The normalized spacial score (nSPS) is 16.0. The van der Waals surface area contributed by atoms with Crippen LogP contribution < -0.4 is 0 Å². The summed E-state index contributed by atoms with van der Waals surface area (Å²) in [4.78, 5) is 11.2. The van der Waals surface area contributed by atoms with Crippen LogP contribution in [0.4, 0.5) is 0 Å². The molecule has 0 aliphatic rings. The summed E-state index contributed by atoms with van der Waals surface area (Å²) in [5, 5.41) is 9.62. The minimum atomic E-state index is -1.11. The number of carbonyl (C=O) groups is 1. The van der Waals surface area contributed by atoms with Crippen molar-refractivity contribution in [2.45, 2.75) is 32.8 Å². The Balaban J connectivity index is 3.75. The summed E-state index contributed by atoms with van der Waals surface area (Å²) >= 11 is 0. The first-order valence-corrected chi connectivity index (χ1v) is 8.10. The molecule has 1 N–H and O–H groups in total. The van der Waals surface area contributed by atoms with Crippen LogP contribution in [0.2, 0.25) is 0 Å². The summed E-state index contributed by atoms with van der Waals surface area (Å²) in [5.41, 5.74) is 0. The highest BCUT2D eigenvalue weighted by molar-refractivity contribution is 7.85. The lowest BCUT2D eigenvalue weighted by Gasteiger charge is -2.13. The molecule has 3 atom stereocenters. The van der Waals surface area contributed by atoms with Crippen molar-refractivity contribution in [1.29, 1.82) is 0 Å². The molecule has 6 heteroatoms. The highest BCUT2D eigenvalue weighted by atomic mass is 32.2. The van der Waals surface area contributed by atoms with Gasteiger partial charge in [0.1, 0.15) is 5.78 Å². The summed E-state index contributed by atoms with van der Waals surface area (Å²) in [6.45, 7) is 4.58. The van der Waals surface area contributed by atoms with E-state index in [4.69, 9.17) is 9.47 Å². The second-order valence-corrected chi connectivity index (χ2v) is 6.16. The van der Waals surface area contributed by atoms with E-state index in [9.17, 15) is 14.1 Å². The molecule has 0 fully saturated rings. The molecule has 0 amide bonds. The Bertz CT molecular complexity index is 270. The maximum absolute atomic E-state index is 11.7. The number of aliphatic hydroxyl groups excluding tert-OH is 1. The van der Waals surface area contributed by atoms with Crippen molar-refractivity contribution in [3.05, 3.63) is 0 Å². The highest BCUT2D eigenvalue weighted by Crippen LogP contribution is 2.10. The number of Topliss-reactive ketones (excluding diaryl/α,β-unsaturated/α-hetero) is 1. The smallest absolute Gasteiger partial charge is 0.132 e. The average molecular weight is 294 g/mol. The third-order valence-corrected chi connectivity index (χ3v) is 4.33. The molecule has 0 aromatic rings. The van der Waals surface area contributed by atoms with E-state index < -0.39 is 16.9 Å². The predicted octanol–water partition coefficient (Wildman–Crippen LogP) is 0.764. The van der Waals surface area contributed by atoms with Crippen LogP contribution in [0, 0.1) is 5.92 Å². The molecule has 5 nitrogen and oxygen atoms in total. The number of aliphatic hydroxyl groups is 1. The summed E-state index contributed by atoms with van der Waals surface area (Å²) in [6, 6.07) is 0. The largest absolute Gasteiger partial charge is 0.390 e. The Morgan fingerprint density at radius 3 is 2.58 bits per heavy atom. The quantitative estimate of drug-likeness (QED) is 0.538. The minimum Gasteiger partial charge on any atom is -0.390 e. The van der Waals surface area contributed by atoms with Crippen LogP contribution in [-0.4, -0.2) is 59.6 Å². The van der Waals surface area contributed by atoms with Gasteiger partial charge in [-0.3, -0.25) is 9.00 Å². The summed E-state index contributed by atoms with van der Waals surface area (Å²) < 4.78 is 21.7. The van der Waals surface area contributed by atoms with Gasteiger partial charge in [-0.1, -0.05) is 6.92 Å². The van der Waals surface area contributed by atoms with Crippen LogP contribution in [0.25, 0.3) is 0 Å². The second kappa shape index (κ2) is 11.5. The summed E-state index contributed by atoms with van der Waals surface area (Å²) in [5.74, 6) is 0.774. The van der Waals surface area contributed by atoms with Crippen molar-refractivity contribution in [2.24, 2.45) is 5.92 Å². The fourth-order valence-electron chi connectivity index (χ4n) is 1.68. The van der Waals surface area contributed by atoms with E-state index in [0.29, 0.717) is 25.4 Å². The third kappa shape index (κ3) is 10.2. The minimum absolute atomic E-state index is 0.0148. The van der Waals surface area contributed by atoms with Crippen LogP contribution in [-0.2, 0) is 25.1 Å². The van der Waals surface area contributed by atoms with E-state index in [1.165, 1.54) is 0 Å². The molecule has 0 saturated heterocycles. The molecule has 114 valence electrons. The second-order valence-electron chi connectivity index (χ2n) is 4.54. The summed E-state index contributed by atoms with van der Waals surface area (Å²) in [6.07, 6.45) is 0.667. The van der Waals surface area contributed by atoms with E-state index >= 15 is 0 Å². The fourth-order valence-corrected chi connectivity index (χ4v) is 2.92. The summed E-state index contributed by atoms with van der Waals surface area (Å²) in [7, 11) is 0.468. The first kappa shape index (κ1) is 18.7. The lowest BCUT2D eigenvalue weighted by atomic mass is 10.00. The molecule has 0 heterocycles. The zero-order valence-corrected chi connectivity index (χ0v) is 12.9. The average Bonchev–Trinajstić information content (AvgIpc) is 2.35. The molecular formula is C13H26O5S. The van der Waals surface area contributed by atoms with Crippen LogP contribution in [0.5, 0.6) is 0 Å². The first-order valence-electron chi connectivity index (χ1n) is 6.61. The van der Waals surface area contributed by atoms with Gasteiger partial charge in [-0.05, 0) is 19.8 Å². The van der Waals surface area contributed by atoms with Crippen LogP contribution in [0.15, 0.2) is 0 Å². The highest BCUT2D eigenvalue weighted by Gasteiger charge is 2.15. The number of ether oxygens (including phenoxy) is 2. The number of hydrogen-bond acceptors (Lipinski definition) is 5. The van der Waals surface area contributed by atoms with Gasteiger partial charge in [0.05, 0.1) is 31.7 Å². The van der Waals surface area contributed by atoms with Crippen molar-refractivity contribution < 1.29 is 23.6 Å². The lowest BCUT2D eigenvalue weighted by molar-refractivity contribution is -0.120. The third-order valence-electron chi connectivity index (χ3n) is 2.88. The van der Waals surface area contributed by atoms with Gasteiger partial charge in [0.25, 0.3) is 0 Å². The van der Waals surface area contributed by atoms with E-state index in [0.717, 1.165) is 6.42 Å². The van der Waals surface area contributed by atoms with Crippen LogP contribution in [0.3, 0.4) is 0 Å². The fraction of sp³-hybridized carbons (Fsp3) is 0.923. The molecule has 2 unspecified atom stereocenters. The SMILES string of the molecule is CC[C@@H](CCS(=O)CC(O)COCCOC)C(C)=O. The van der Waals surface area contributed by atoms with Gasteiger partial charge in [0.2, 0.25) is 0 Å². The molecule has 0 saturated carbocycles.